The zero-order valence-electron chi connectivity index (χ0n) is 14.4. The summed E-state index contributed by atoms with van der Waals surface area (Å²) in [6, 6.07) is 15.2. The van der Waals surface area contributed by atoms with E-state index in [0.717, 1.165) is 48.6 Å². The number of aromatic nitrogens is 2. The highest BCUT2D eigenvalue weighted by molar-refractivity contribution is 5.55. The second-order valence-corrected chi connectivity index (χ2v) is 6.71. The largest absolute Gasteiger partial charge is 0.370 e. The number of hydrogen-bond donors (Lipinski definition) is 1. The smallest absolute Gasteiger partial charge is 0.133 e. The van der Waals surface area contributed by atoms with Crippen LogP contribution in [0.3, 0.4) is 0 Å². The number of benzene rings is 2. The van der Waals surface area contributed by atoms with E-state index in [-0.39, 0.29) is 5.82 Å². The molecule has 4 rings (SSSR count). The van der Waals surface area contributed by atoms with Crippen LogP contribution in [0.5, 0.6) is 0 Å². The molecule has 25 heavy (non-hydrogen) atoms. The summed E-state index contributed by atoms with van der Waals surface area (Å²) in [7, 11) is 0. The maximum atomic E-state index is 13.2. The summed E-state index contributed by atoms with van der Waals surface area (Å²) in [6.07, 6.45) is 4.09. The van der Waals surface area contributed by atoms with Crippen LogP contribution in [0.1, 0.15) is 35.2 Å². The van der Waals surface area contributed by atoms with Crippen LogP contribution in [0.4, 0.5) is 10.2 Å². The van der Waals surface area contributed by atoms with Crippen LogP contribution >= 0.6 is 0 Å². The Hall–Kier alpha value is -2.62. The van der Waals surface area contributed by atoms with Gasteiger partial charge in [-0.3, -0.25) is 0 Å². The zero-order chi connectivity index (χ0) is 17.2. The van der Waals surface area contributed by atoms with Gasteiger partial charge in [0.05, 0.1) is 11.4 Å². The lowest BCUT2D eigenvalue weighted by atomic mass is 10.0. The van der Waals surface area contributed by atoms with Gasteiger partial charge in [-0.1, -0.05) is 29.8 Å². The molecule has 0 bridgehead atoms. The summed E-state index contributed by atoms with van der Waals surface area (Å²) in [5.41, 5.74) is 5.77. The Kier molecular flexibility index (Phi) is 4.26. The topological polar surface area (TPSA) is 29.9 Å². The first-order chi connectivity index (χ1) is 12.2. The lowest BCUT2D eigenvalue weighted by Gasteiger charge is -2.09. The Morgan fingerprint density at radius 2 is 1.80 bits per heavy atom. The molecule has 1 N–H and O–H groups in total. The number of anilines is 1. The van der Waals surface area contributed by atoms with Gasteiger partial charge in [-0.15, -0.1) is 0 Å². The fraction of sp³-hybridized carbons (Fsp3) is 0.286. The van der Waals surface area contributed by atoms with Crippen molar-refractivity contribution in [1.82, 2.24) is 9.78 Å². The predicted molar refractivity (Wildman–Crippen MR) is 98.9 cm³/mol. The highest BCUT2D eigenvalue weighted by Gasteiger charge is 2.20. The third-order valence-corrected chi connectivity index (χ3v) is 4.78. The standard InChI is InChI=1S/C21H22FN3/c1-15-5-11-18(12-6-15)25-21-19(4-2-3-13-23-21)20(24-25)14-16-7-9-17(22)10-8-16/h5-12,23H,2-4,13-14H2,1H3. The SMILES string of the molecule is Cc1ccc(-n2nc(Cc3ccc(F)cc3)c3c2NCCCC3)cc1. The van der Waals surface area contributed by atoms with Crippen LogP contribution in [0.2, 0.25) is 0 Å². The van der Waals surface area contributed by atoms with E-state index in [0.29, 0.717) is 0 Å². The van der Waals surface area contributed by atoms with Gasteiger partial charge in [0.25, 0.3) is 0 Å². The number of halogens is 1. The molecule has 0 amide bonds. The Morgan fingerprint density at radius 1 is 1.04 bits per heavy atom. The highest BCUT2D eigenvalue weighted by Crippen LogP contribution is 2.29. The molecular formula is C21H22FN3. The van der Waals surface area contributed by atoms with Gasteiger partial charge in [0, 0.05) is 18.5 Å². The summed E-state index contributed by atoms with van der Waals surface area (Å²) in [5.74, 6) is 0.910. The van der Waals surface area contributed by atoms with Gasteiger partial charge in [0.15, 0.2) is 0 Å². The Labute approximate surface area is 147 Å². The molecule has 0 aliphatic carbocycles. The van der Waals surface area contributed by atoms with Crippen LogP contribution in [-0.4, -0.2) is 16.3 Å². The summed E-state index contributed by atoms with van der Waals surface area (Å²) in [4.78, 5) is 0. The maximum Gasteiger partial charge on any atom is 0.133 e. The van der Waals surface area contributed by atoms with Crippen LogP contribution in [0, 0.1) is 12.7 Å². The molecule has 0 saturated heterocycles. The molecule has 2 heterocycles. The van der Waals surface area contributed by atoms with Crippen molar-refractivity contribution >= 4 is 5.82 Å². The van der Waals surface area contributed by atoms with Crippen molar-refractivity contribution < 1.29 is 4.39 Å². The molecule has 1 aliphatic heterocycles. The molecule has 1 aliphatic rings. The van der Waals surface area contributed by atoms with E-state index < -0.39 is 0 Å². The minimum Gasteiger partial charge on any atom is -0.370 e. The molecule has 4 heteroatoms. The van der Waals surface area contributed by atoms with E-state index in [2.05, 4.69) is 36.5 Å². The first-order valence-electron chi connectivity index (χ1n) is 8.87. The van der Waals surface area contributed by atoms with Crippen molar-refractivity contribution in [2.75, 3.05) is 11.9 Å². The van der Waals surface area contributed by atoms with Gasteiger partial charge < -0.3 is 5.32 Å². The average Bonchev–Trinajstić information content (AvgIpc) is 2.80. The molecular weight excluding hydrogens is 313 g/mol. The number of aryl methyl sites for hydroxylation is 1. The fourth-order valence-corrected chi connectivity index (χ4v) is 3.38. The fourth-order valence-electron chi connectivity index (χ4n) is 3.38. The van der Waals surface area contributed by atoms with E-state index in [9.17, 15) is 4.39 Å². The molecule has 0 atom stereocenters. The molecule has 0 radical (unpaired) electrons. The monoisotopic (exact) mass is 335 g/mol. The first-order valence-corrected chi connectivity index (χ1v) is 8.87. The summed E-state index contributed by atoms with van der Waals surface area (Å²) >= 11 is 0. The molecule has 3 aromatic rings. The third-order valence-electron chi connectivity index (χ3n) is 4.78. The minimum absolute atomic E-state index is 0.200. The van der Waals surface area contributed by atoms with Crippen LogP contribution in [0.15, 0.2) is 48.5 Å². The number of nitrogens with one attached hydrogen (secondary N) is 1. The van der Waals surface area contributed by atoms with Gasteiger partial charge in [-0.05, 0) is 56.0 Å². The molecule has 0 saturated carbocycles. The van der Waals surface area contributed by atoms with Crippen molar-refractivity contribution in [2.45, 2.75) is 32.6 Å². The lowest BCUT2D eigenvalue weighted by Crippen LogP contribution is -2.07. The quantitative estimate of drug-likeness (QED) is 0.754. The molecule has 128 valence electrons. The predicted octanol–water partition coefficient (Wildman–Crippen LogP) is 4.66. The average molecular weight is 335 g/mol. The van der Waals surface area contributed by atoms with Gasteiger partial charge in [-0.25, -0.2) is 9.07 Å². The Balaban J connectivity index is 1.76. The Bertz CT molecular complexity index is 863. The number of hydrogen-bond acceptors (Lipinski definition) is 2. The van der Waals surface area contributed by atoms with Crippen LogP contribution in [-0.2, 0) is 12.8 Å². The molecule has 3 nitrogen and oxygen atoms in total. The summed E-state index contributed by atoms with van der Waals surface area (Å²) < 4.78 is 15.2. The summed E-state index contributed by atoms with van der Waals surface area (Å²) in [6.45, 7) is 3.06. The van der Waals surface area contributed by atoms with Crippen molar-refractivity contribution in [3.05, 3.63) is 76.7 Å². The zero-order valence-corrected chi connectivity index (χ0v) is 14.4. The van der Waals surface area contributed by atoms with Gasteiger partial charge in [0.1, 0.15) is 11.6 Å². The van der Waals surface area contributed by atoms with Crippen molar-refractivity contribution in [3.8, 4) is 5.69 Å². The highest BCUT2D eigenvalue weighted by atomic mass is 19.1. The second kappa shape index (κ2) is 6.71. The number of rotatable bonds is 3. The van der Waals surface area contributed by atoms with Gasteiger partial charge in [0.2, 0.25) is 0 Å². The molecule has 0 unspecified atom stereocenters. The van der Waals surface area contributed by atoms with Gasteiger partial charge in [-0.2, -0.15) is 5.10 Å². The van der Waals surface area contributed by atoms with Crippen molar-refractivity contribution in [1.29, 1.82) is 0 Å². The number of nitrogens with zero attached hydrogens (tertiary/aromatic N) is 2. The van der Waals surface area contributed by atoms with Crippen LogP contribution < -0.4 is 5.32 Å². The van der Waals surface area contributed by atoms with E-state index in [1.807, 2.05) is 16.8 Å². The normalized spacial score (nSPS) is 13.8. The molecule has 1 aromatic heterocycles. The third kappa shape index (κ3) is 3.29. The van der Waals surface area contributed by atoms with Gasteiger partial charge >= 0.3 is 0 Å². The Morgan fingerprint density at radius 3 is 2.56 bits per heavy atom. The van der Waals surface area contributed by atoms with E-state index >= 15 is 0 Å². The molecule has 0 spiro atoms. The van der Waals surface area contributed by atoms with Crippen molar-refractivity contribution in [2.24, 2.45) is 0 Å². The number of fused-ring (bicyclic) bond motifs is 1. The lowest BCUT2D eigenvalue weighted by molar-refractivity contribution is 0.627. The van der Waals surface area contributed by atoms with E-state index in [1.165, 1.54) is 29.7 Å². The van der Waals surface area contributed by atoms with Crippen molar-refractivity contribution in [3.63, 3.8) is 0 Å². The summed E-state index contributed by atoms with van der Waals surface area (Å²) in [5, 5.41) is 8.47. The molecule has 2 aromatic carbocycles. The molecule has 0 fully saturated rings. The maximum absolute atomic E-state index is 13.2. The second-order valence-electron chi connectivity index (χ2n) is 6.71. The van der Waals surface area contributed by atoms with Crippen LogP contribution in [0.25, 0.3) is 5.69 Å². The first kappa shape index (κ1) is 15.9. The van der Waals surface area contributed by atoms with E-state index in [4.69, 9.17) is 5.10 Å². The minimum atomic E-state index is -0.200. The van der Waals surface area contributed by atoms with E-state index in [1.54, 1.807) is 0 Å².